The number of carbonyl (C=O) groups excluding carboxylic acids is 1. The summed E-state index contributed by atoms with van der Waals surface area (Å²) in [7, 11) is 9.17. The van der Waals surface area contributed by atoms with E-state index in [-0.39, 0.29) is 18.3 Å². The van der Waals surface area contributed by atoms with Gasteiger partial charge in [-0.2, -0.15) is 0 Å². The van der Waals surface area contributed by atoms with Crippen molar-refractivity contribution in [1.82, 2.24) is 0 Å². The fourth-order valence-corrected chi connectivity index (χ4v) is 3.59. The molecule has 2 aromatic rings. The zero-order valence-electron chi connectivity index (χ0n) is 17.3. The first kappa shape index (κ1) is 20.4. The molecule has 0 bridgehead atoms. The van der Waals surface area contributed by atoms with Gasteiger partial charge in [0.1, 0.15) is 5.75 Å². The molecule has 0 saturated carbocycles. The van der Waals surface area contributed by atoms with Crippen LogP contribution in [0.3, 0.4) is 0 Å². The standard InChI is InChI=1S/C21H24O8/c1-23-14-7-11(8-15(24-2)19(14)26-4)12-9-17(22)29-13-10-16(25-3)20(27-5)21(28-6)18(12)13/h7-8,10,12H,9H2,1-6H3/t12-/m1/s1. The number of hydrogen-bond donors (Lipinski definition) is 0. The van der Waals surface area contributed by atoms with Crippen molar-refractivity contribution in [2.45, 2.75) is 12.3 Å². The van der Waals surface area contributed by atoms with Crippen LogP contribution in [0.15, 0.2) is 18.2 Å². The molecule has 0 amide bonds. The minimum absolute atomic E-state index is 0.109. The molecule has 8 heteroatoms. The molecule has 1 aliphatic heterocycles. The smallest absolute Gasteiger partial charge is 0.312 e. The van der Waals surface area contributed by atoms with Crippen LogP contribution < -0.4 is 33.2 Å². The van der Waals surface area contributed by atoms with Gasteiger partial charge in [-0.3, -0.25) is 4.79 Å². The van der Waals surface area contributed by atoms with Gasteiger partial charge < -0.3 is 33.2 Å². The fourth-order valence-electron chi connectivity index (χ4n) is 3.59. The third-order valence-electron chi connectivity index (χ3n) is 4.86. The summed E-state index contributed by atoms with van der Waals surface area (Å²) in [6, 6.07) is 5.24. The Morgan fingerprint density at radius 1 is 0.724 bits per heavy atom. The zero-order chi connectivity index (χ0) is 21.1. The summed E-state index contributed by atoms with van der Waals surface area (Å²) >= 11 is 0. The summed E-state index contributed by atoms with van der Waals surface area (Å²) in [5.74, 6) is 2.31. The summed E-state index contributed by atoms with van der Waals surface area (Å²) in [6.45, 7) is 0. The number of fused-ring (bicyclic) bond motifs is 1. The normalized spacial score (nSPS) is 15.1. The predicted molar refractivity (Wildman–Crippen MR) is 104 cm³/mol. The minimum atomic E-state index is -0.380. The van der Waals surface area contributed by atoms with Gasteiger partial charge in [0.05, 0.1) is 49.1 Å². The molecule has 1 atom stereocenters. The van der Waals surface area contributed by atoms with Crippen LogP contribution in [0, 0.1) is 0 Å². The second-order valence-electron chi connectivity index (χ2n) is 6.25. The maximum atomic E-state index is 12.4. The van der Waals surface area contributed by atoms with Crippen LogP contribution in [0.2, 0.25) is 0 Å². The molecule has 0 saturated heterocycles. The highest BCUT2D eigenvalue weighted by Gasteiger charge is 2.36. The molecule has 0 spiro atoms. The Labute approximate surface area is 169 Å². The lowest BCUT2D eigenvalue weighted by Crippen LogP contribution is -2.22. The van der Waals surface area contributed by atoms with Crippen molar-refractivity contribution in [3.8, 4) is 40.2 Å². The van der Waals surface area contributed by atoms with Crippen molar-refractivity contribution in [3.63, 3.8) is 0 Å². The first-order chi connectivity index (χ1) is 14.0. The molecular weight excluding hydrogens is 380 g/mol. The number of carbonyl (C=O) groups is 1. The molecule has 8 nitrogen and oxygen atoms in total. The Bertz CT molecular complexity index is 896. The fraction of sp³-hybridized carbons (Fsp3) is 0.381. The maximum absolute atomic E-state index is 12.4. The second kappa shape index (κ2) is 8.38. The molecule has 156 valence electrons. The van der Waals surface area contributed by atoms with Crippen LogP contribution in [-0.4, -0.2) is 48.6 Å². The quantitative estimate of drug-likeness (QED) is 0.514. The number of hydrogen-bond acceptors (Lipinski definition) is 8. The van der Waals surface area contributed by atoms with Gasteiger partial charge in [0.15, 0.2) is 23.0 Å². The van der Waals surface area contributed by atoms with Crippen molar-refractivity contribution in [3.05, 3.63) is 29.3 Å². The Balaban J connectivity index is 2.27. The average molecular weight is 404 g/mol. The Hall–Kier alpha value is -3.29. The van der Waals surface area contributed by atoms with Crippen molar-refractivity contribution in [1.29, 1.82) is 0 Å². The summed E-state index contributed by atoms with van der Waals surface area (Å²) in [6.07, 6.45) is 0.109. The van der Waals surface area contributed by atoms with E-state index in [0.717, 1.165) is 5.56 Å². The van der Waals surface area contributed by atoms with Gasteiger partial charge in [0.25, 0.3) is 0 Å². The van der Waals surface area contributed by atoms with Gasteiger partial charge in [-0.05, 0) is 17.7 Å². The number of ether oxygens (including phenoxy) is 7. The van der Waals surface area contributed by atoms with Gasteiger partial charge >= 0.3 is 5.97 Å². The van der Waals surface area contributed by atoms with E-state index in [1.165, 1.54) is 28.4 Å². The molecular formula is C21H24O8. The highest BCUT2D eigenvalue weighted by atomic mass is 16.6. The van der Waals surface area contributed by atoms with E-state index in [4.69, 9.17) is 33.2 Å². The largest absolute Gasteiger partial charge is 0.493 e. The van der Waals surface area contributed by atoms with E-state index in [2.05, 4.69) is 0 Å². The molecule has 3 rings (SSSR count). The average Bonchev–Trinajstić information content (AvgIpc) is 2.75. The highest BCUT2D eigenvalue weighted by Crippen LogP contribution is 2.53. The zero-order valence-corrected chi connectivity index (χ0v) is 17.3. The summed E-state index contributed by atoms with van der Waals surface area (Å²) in [5.41, 5.74) is 1.46. The molecule has 0 aromatic heterocycles. The van der Waals surface area contributed by atoms with Crippen LogP contribution in [0.4, 0.5) is 0 Å². The first-order valence-corrected chi connectivity index (χ1v) is 8.86. The second-order valence-corrected chi connectivity index (χ2v) is 6.25. The Morgan fingerprint density at radius 2 is 1.24 bits per heavy atom. The van der Waals surface area contributed by atoms with Crippen molar-refractivity contribution >= 4 is 5.97 Å². The van der Waals surface area contributed by atoms with Crippen molar-refractivity contribution < 1.29 is 38.0 Å². The summed E-state index contributed by atoms with van der Waals surface area (Å²) in [5, 5.41) is 0. The summed E-state index contributed by atoms with van der Waals surface area (Å²) in [4.78, 5) is 12.4. The van der Waals surface area contributed by atoms with Crippen LogP contribution in [-0.2, 0) is 4.79 Å². The highest BCUT2D eigenvalue weighted by molar-refractivity contribution is 5.81. The van der Waals surface area contributed by atoms with Gasteiger partial charge in [0, 0.05) is 17.5 Å². The molecule has 1 heterocycles. The maximum Gasteiger partial charge on any atom is 0.312 e. The number of benzene rings is 2. The van der Waals surface area contributed by atoms with E-state index >= 15 is 0 Å². The number of esters is 1. The molecule has 0 fully saturated rings. The first-order valence-electron chi connectivity index (χ1n) is 8.86. The van der Waals surface area contributed by atoms with E-state index in [1.54, 1.807) is 20.3 Å². The summed E-state index contributed by atoms with van der Waals surface area (Å²) < 4.78 is 38.3. The molecule has 0 unspecified atom stereocenters. The SMILES string of the molecule is COc1cc([C@H]2CC(=O)Oc3cc(OC)c(OC)c(OC)c32)cc(OC)c1OC. The monoisotopic (exact) mass is 404 g/mol. The van der Waals surface area contributed by atoms with Gasteiger partial charge in [-0.25, -0.2) is 0 Å². The third-order valence-corrected chi connectivity index (χ3v) is 4.86. The number of rotatable bonds is 7. The topological polar surface area (TPSA) is 81.7 Å². The van der Waals surface area contributed by atoms with E-state index in [1.807, 2.05) is 12.1 Å². The molecule has 0 radical (unpaired) electrons. The van der Waals surface area contributed by atoms with Crippen molar-refractivity contribution in [2.24, 2.45) is 0 Å². The molecule has 2 aromatic carbocycles. The minimum Gasteiger partial charge on any atom is -0.493 e. The lowest BCUT2D eigenvalue weighted by Gasteiger charge is -2.29. The lowest BCUT2D eigenvalue weighted by atomic mass is 9.85. The molecule has 1 aliphatic rings. The van der Waals surface area contributed by atoms with Crippen LogP contribution in [0.25, 0.3) is 0 Å². The molecule has 29 heavy (non-hydrogen) atoms. The third kappa shape index (κ3) is 3.46. The predicted octanol–water partition coefficient (Wildman–Crippen LogP) is 3.18. The van der Waals surface area contributed by atoms with E-state index in [0.29, 0.717) is 45.8 Å². The van der Waals surface area contributed by atoms with Crippen LogP contribution in [0.5, 0.6) is 40.2 Å². The van der Waals surface area contributed by atoms with Crippen molar-refractivity contribution in [2.75, 3.05) is 42.7 Å². The van der Waals surface area contributed by atoms with E-state index < -0.39 is 0 Å². The Morgan fingerprint density at radius 3 is 1.72 bits per heavy atom. The van der Waals surface area contributed by atoms with E-state index in [9.17, 15) is 4.79 Å². The number of methoxy groups -OCH3 is 6. The van der Waals surface area contributed by atoms with Crippen LogP contribution in [0.1, 0.15) is 23.5 Å². The molecule has 0 aliphatic carbocycles. The Kier molecular flexibility index (Phi) is 5.91. The molecule has 0 N–H and O–H groups in total. The van der Waals surface area contributed by atoms with Gasteiger partial charge in [-0.15, -0.1) is 0 Å². The van der Waals surface area contributed by atoms with Gasteiger partial charge in [-0.1, -0.05) is 0 Å². The van der Waals surface area contributed by atoms with Gasteiger partial charge in [0.2, 0.25) is 11.5 Å². The lowest BCUT2D eigenvalue weighted by molar-refractivity contribution is -0.135. The van der Waals surface area contributed by atoms with Crippen LogP contribution >= 0.6 is 0 Å².